The van der Waals surface area contributed by atoms with Gasteiger partial charge in [-0.15, -0.1) is 0 Å². The topological polar surface area (TPSA) is 28.9 Å². The summed E-state index contributed by atoms with van der Waals surface area (Å²) < 4.78 is 5.61. The molecular weight excluding hydrogens is 278 g/mol. The summed E-state index contributed by atoms with van der Waals surface area (Å²) in [4.78, 5) is 3.43. The Labute approximate surface area is 120 Å². The van der Waals surface area contributed by atoms with Crippen molar-refractivity contribution in [3.05, 3.63) is 64.5 Å². The van der Waals surface area contributed by atoms with Gasteiger partial charge in [-0.2, -0.15) is 0 Å². The minimum atomic E-state index is 0.355. The second-order valence-electron chi connectivity index (χ2n) is 4.10. The molecule has 1 heterocycles. The molecule has 2 aromatic carbocycles. The van der Waals surface area contributed by atoms with Crippen molar-refractivity contribution in [1.29, 1.82) is 0 Å². The van der Waals surface area contributed by atoms with Crippen LogP contribution in [0.15, 0.2) is 59.0 Å². The normalized spacial score (nSPS) is 10.6. The molecule has 94 valence electrons. The van der Waals surface area contributed by atoms with Crippen LogP contribution in [0.3, 0.4) is 0 Å². The van der Waals surface area contributed by atoms with Gasteiger partial charge in [0, 0.05) is 16.1 Å². The maximum absolute atomic E-state index is 6.03. The predicted molar refractivity (Wildman–Crippen MR) is 79.8 cm³/mol. The first-order valence-corrected chi connectivity index (χ1v) is 6.57. The highest BCUT2D eigenvalue weighted by molar-refractivity contribution is 7.71. The van der Waals surface area contributed by atoms with Crippen LogP contribution < -0.4 is 0 Å². The van der Waals surface area contributed by atoms with Crippen molar-refractivity contribution in [2.45, 2.75) is 0 Å². The summed E-state index contributed by atoms with van der Waals surface area (Å²) in [6, 6.07) is 17.4. The highest BCUT2D eigenvalue weighted by atomic mass is 35.5. The van der Waals surface area contributed by atoms with Gasteiger partial charge < -0.3 is 9.40 Å². The Kier molecular flexibility index (Phi) is 3.23. The van der Waals surface area contributed by atoms with Gasteiger partial charge in [-0.3, -0.25) is 0 Å². The standard InChI is InChI=1S/C15H10ClNOS/c16-12-8-4-7-11(9-12)13-14(18-15(19)17-13)10-5-2-1-3-6-10/h1-9H,(H,17,19). The van der Waals surface area contributed by atoms with E-state index in [2.05, 4.69) is 4.98 Å². The maximum Gasteiger partial charge on any atom is 0.266 e. The molecule has 2 nitrogen and oxygen atoms in total. The second kappa shape index (κ2) is 5.03. The van der Waals surface area contributed by atoms with Gasteiger partial charge in [0.25, 0.3) is 4.84 Å². The van der Waals surface area contributed by atoms with Gasteiger partial charge in [-0.1, -0.05) is 54.1 Å². The van der Waals surface area contributed by atoms with Gasteiger partial charge in [0.05, 0.1) is 5.69 Å². The number of aromatic nitrogens is 1. The summed E-state index contributed by atoms with van der Waals surface area (Å²) in [6.07, 6.45) is 0. The van der Waals surface area contributed by atoms with E-state index in [0.29, 0.717) is 9.86 Å². The number of rotatable bonds is 2. The number of hydrogen-bond donors (Lipinski definition) is 1. The number of aromatic amines is 1. The van der Waals surface area contributed by atoms with E-state index >= 15 is 0 Å². The molecule has 0 unspecified atom stereocenters. The molecule has 0 atom stereocenters. The van der Waals surface area contributed by atoms with Crippen LogP contribution in [0.4, 0.5) is 0 Å². The van der Waals surface area contributed by atoms with Crippen LogP contribution in [0.1, 0.15) is 0 Å². The molecule has 0 saturated carbocycles. The molecule has 1 N–H and O–H groups in total. The lowest BCUT2D eigenvalue weighted by molar-refractivity contribution is 0.554. The Hall–Kier alpha value is -1.84. The van der Waals surface area contributed by atoms with Gasteiger partial charge in [-0.05, 0) is 24.4 Å². The number of oxazole rings is 1. The number of H-pyrrole nitrogens is 1. The van der Waals surface area contributed by atoms with Crippen molar-refractivity contribution in [2.24, 2.45) is 0 Å². The predicted octanol–water partition coefficient (Wildman–Crippen LogP) is 5.32. The van der Waals surface area contributed by atoms with Gasteiger partial charge in [0.2, 0.25) is 0 Å². The highest BCUT2D eigenvalue weighted by Gasteiger charge is 2.12. The van der Waals surface area contributed by atoms with Crippen LogP contribution in [0, 0.1) is 4.84 Å². The summed E-state index contributed by atoms with van der Waals surface area (Å²) in [6.45, 7) is 0. The van der Waals surface area contributed by atoms with Crippen LogP contribution in [-0.4, -0.2) is 4.98 Å². The molecule has 1 aromatic heterocycles. The first-order chi connectivity index (χ1) is 9.24. The lowest BCUT2D eigenvalue weighted by atomic mass is 10.1. The molecule has 0 fully saturated rings. The third-order valence-corrected chi connectivity index (χ3v) is 3.22. The van der Waals surface area contributed by atoms with Crippen molar-refractivity contribution < 1.29 is 4.42 Å². The zero-order valence-electron chi connectivity index (χ0n) is 9.89. The van der Waals surface area contributed by atoms with Crippen molar-refractivity contribution >= 4 is 23.8 Å². The molecule has 0 aliphatic rings. The van der Waals surface area contributed by atoms with E-state index < -0.39 is 0 Å². The van der Waals surface area contributed by atoms with E-state index in [1.54, 1.807) is 0 Å². The smallest absolute Gasteiger partial charge is 0.266 e. The SMILES string of the molecule is S=c1[nH]c(-c2cccc(Cl)c2)c(-c2ccccc2)o1. The minimum absolute atomic E-state index is 0.355. The largest absolute Gasteiger partial charge is 0.429 e. The molecule has 0 saturated heterocycles. The minimum Gasteiger partial charge on any atom is -0.429 e. The Morgan fingerprint density at radius 1 is 0.947 bits per heavy atom. The Morgan fingerprint density at radius 3 is 2.42 bits per heavy atom. The van der Waals surface area contributed by atoms with Crippen LogP contribution in [-0.2, 0) is 0 Å². The van der Waals surface area contributed by atoms with Crippen LogP contribution in [0.2, 0.25) is 5.02 Å². The first kappa shape index (κ1) is 12.2. The average Bonchev–Trinajstić information content (AvgIpc) is 2.82. The highest BCUT2D eigenvalue weighted by Crippen LogP contribution is 2.32. The van der Waals surface area contributed by atoms with E-state index in [9.17, 15) is 0 Å². The van der Waals surface area contributed by atoms with Crippen molar-refractivity contribution in [3.63, 3.8) is 0 Å². The molecular formula is C15H10ClNOS. The molecule has 3 rings (SSSR count). The van der Waals surface area contributed by atoms with Gasteiger partial charge >= 0.3 is 0 Å². The van der Waals surface area contributed by atoms with E-state index in [-0.39, 0.29) is 0 Å². The molecule has 0 radical (unpaired) electrons. The van der Waals surface area contributed by atoms with Crippen LogP contribution in [0.5, 0.6) is 0 Å². The summed E-state index contributed by atoms with van der Waals surface area (Å²) >= 11 is 11.1. The summed E-state index contributed by atoms with van der Waals surface area (Å²) in [7, 11) is 0. The first-order valence-electron chi connectivity index (χ1n) is 5.78. The Bertz CT molecular complexity index is 761. The van der Waals surface area contributed by atoms with E-state index in [4.69, 9.17) is 28.2 Å². The van der Waals surface area contributed by atoms with Gasteiger partial charge in [0.15, 0.2) is 5.76 Å². The number of halogens is 1. The third kappa shape index (κ3) is 2.48. The summed E-state index contributed by atoms with van der Waals surface area (Å²) in [5.74, 6) is 0.730. The number of benzene rings is 2. The quantitative estimate of drug-likeness (QED) is 0.646. The Balaban J connectivity index is 2.21. The van der Waals surface area contributed by atoms with Crippen molar-refractivity contribution in [3.8, 4) is 22.6 Å². The summed E-state index contributed by atoms with van der Waals surface area (Å²) in [5.41, 5.74) is 2.77. The molecule has 0 aliphatic heterocycles. The second-order valence-corrected chi connectivity index (χ2v) is 4.90. The average molecular weight is 288 g/mol. The fourth-order valence-corrected chi connectivity index (χ4v) is 2.34. The molecule has 0 bridgehead atoms. The van der Waals surface area contributed by atoms with Crippen LogP contribution >= 0.6 is 23.8 Å². The van der Waals surface area contributed by atoms with Gasteiger partial charge in [-0.25, -0.2) is 0 Å². The van der Waals surface area contributed by atoms with E-state index in [0.717, 1.165) is 22.6 Å². The third-order valence-electron chi connectivity index (χ3n) is 2.80. The zero-order chi connectivity index (χ0) is 13.2. The fraction of sp³-hybridized carbons (Fsp3) is 0. The van der Waals surface area contributed by atoms with Crippen molar-refractivity contribution in [1.82, 2.24) is 4.98 Å². The number of nitrogens with one attached hydrogen (secondary N) is 1. The molecule has 19 heavy (non-hydrogen) atoms. The molecule has 0 spiro atoms. The summed E-state index contributed by atoms with van der Waals surface area (Å²) in [5, 5.41) is 0.678. The van der Waals surface area contributed by atoms with Crippen molar-refractivity contribution in [2.75, 3.05) is 0 Å². The Morgan fingerprint density at radius 2 is 1.68 bits per heavy atom. The van der Waals surface area contributed by atoms with Gasteiger partial charge in [0.1, 0.15) is 0 Å². The fourth-order valence-electron chi connectivity index (χ4n) is 1.97. The van der Waals surface area contributed by atoms with E-state index in [1.165, 1.54) is 0 Å². The molecule has 0 amide bonds. The number of hydrogen-bond acceptors (Lipinski definition) is 2. The molecule has 4 heteroatoms. The lowest BCUT2D eigenvalue weighted by Gasteiger charge is -2.02. The molecule has 3 aromatic rings. The maximum atomic E-state index is 6.03. The van der Waals surface area contributed by atoms with Crippen LogP contribution in [0.25, 0.3) is 22.6 Å². The monoisotopic (exact) mass is 287 g/mol. The zero-order valence-corrected chi connectivity index (χ0v) is 11.5. The van der Waals surface area contributed by atoms with E-state index in [1.807, 2.05) is 54.6 Å². The lowest BCUT2D eigenvalue weighted by Crippen LogP contribution is -1.82. The molecule has 0 aliphatic carbocycles.